The fourth-order valence-corrected chi connectivity index (χ4v) is 1.91. The van der Waals surface area contributed by atoms with Crippen molar-refractivity contribution in [3.63, 3.8) is 0 Å². The zero-order valence-corrected chi connectivity index (χ0v) is 9.09. The summed E-state index contributed by atoms with van der Waals surface area (Å²) in [5.41, 5.74) is 2.69. The molecule has 0 radical (unpaired) electrons. The van der Waals surface area contributed by atoms with Gasteiger partial charge in [-0.05, 0) is 36.7 Å². The Morgan fingerprint density at radius 3 is 2.86 bits per heavy atom. The summed E-state index contributed by atoms with van der Waals surface area (Å²) in [6.45, 7) is 2.18. The molecule has 2 heteroatoms. The highest BCUT2D eigenvalue weighted by atomic mass is 35.5. The molecule has 1 aromatic rings. The molecule has 0 atom stereocenters. The van der Waals surface area contributed by atoms with E-state index < -0.39 is 0 Å². The van der Waals surface area contributed by atoms with Crippen LogP contribution < -0.4 is 0 Å². The highest BCUT2D eigenvalue weighted by molar-refractivity contribution is 6.30. The zero-order chi connectivity index (χ0) is 9.97. The topological polar surface area (TPSA) is 3.24 Å². The predicted molar refractivity (Wildman–Crippen MR) is 61.5 cm³/mol. The van der Waals surface area contributed by atoms with Crippen molar-refractivity contribution in [2.45, 2.75) is 6.42 Å². The zero-order valence-electron chi connectivity index (χ0n) is 8.33. The van der Waals surface area contributed by atoms with Crippen LogP contribution in [-0.4, -0.2) is 25.0 Å². The van der Waals surface area contributed by atoms with Gasteiger partial charge in [-0.25, -0.2) is 0 Å². The Bertz CT molecular complexity index is 357. The second kappa shape index (κ2) is 4.16. The minimum atomic E-state index is 0.822. The molecule has 0 bridgehead atoms. The van der Waals surface area contributed by atoms with E-state index in [1.54, 1.807) is 0 Å². The summed E-state index contributed by atoms with van der Waals surface area (Å²) in [6.07, 6.45) is 3.41. The SMILES string of the molecule is CN1CC=C(c2cccc(Cl)c2)CC1. The van der Waals surface area contributed by atoms with Gasteiger partial charge in [-0.15, -0.1) is 0 Å². The van der Waals surface area contributed by atoms with Crippen LogP contribution in [0.25, 0.3) is 5.57 Å². The van der Waals surface area contributed by atoms with Crippen molar-refractivity contribution in [3.05, 3.63) is 40.9 Å². The van der Waals surface area contributed by atoms with Gasteiger partial charge < -0.3 is 4.90 Å². The van der Waals surface area contributed by atoms with E-state index in [1.165, 1.54) is 11.1 Å². The average Bonchev–Trinajstić information content (AvgIpc) is 2.19. The van der Waals surface area contributed by atoms with E-state index >= 15 is 0 Å². The summed E-state index contributed by atoms with van der Waals surface area (Å²) in [6, 6.07) is 8.10. The fourth-order valence-electron chi connectivity index (χ4n) is 1.72. The minimum Gasteiger partial charge on any atom is -0.302 e. The van der Waals surface area contributed by atoms with E-state index in [1.807, 2.05) is 18.2 Å². The second-order valence-electron chi connectivity index (χ2n) is 3.75. The van der Waals surface area contributed by atoms with Crippen molar-refractivity contribution in [2.24, 2.45) is 0 Å². The summed E-state index contributed by atoms with van der Waals surface area (Å²) in [5.74, 6) is 0. The highest BCUT2D eigenvalue weighted by Gasteiger charge is 2.09. The van der Waals surface area contributed by atoms with Crippen molar-refractivity contribution in [3.8, 4) is 0 Å². The smallest absolute Gasteiger partial charge is 0.0412 e. The second-order valence-corrected chi connectivity index (χ2v) is 4.19. The minimum absolute atomic E-state index is 0.822. The first-order valence-corrected chi connectivity index (χ1v) is 5.27. The third kappa shape index (κ3) is 2.17. The van der Waals surface area contributed by atoms with Gasteiger partial charge in [0.1, 0.15) is 0 Å². The van der Waals surface area contributed by atoms with E-state index in [-0.39, 0.29) is 0 Å². The van der Waals surface area contributed by atoms with E-state index in [0.717, 1.165) is 24.5 Å². The van der Waals surface area contributed by atoms with Crippen molar-refractivity contribution >= 4 is 17.2 Å². The molecule has 0 saturated heterocycles. The van der Waals surface area contributed by atoms with Crippen LogP contribution in [0.2, 0.25) is 5.02 Å². The van der Waals surface area contributed by atoms with Crippen molar-refractivity contribution < 1.29 is 0 Å². The third-order valence-corrected chi connectivity index (χ3v) is 2.84. The molecule has 0 N–H and O–H groups in total. The number of rotatable bonds is 1. The molecule has 0 spiro atoms. The first-order valence-electron chi connectivity index (χ1n) is 4.89. The summed E-state index contributed by atoms with van der Waals surface area (Å²) in [4.78, 5) is 2.31. The molecule has 1 aliphatic heterocycles. The van der Waals surface area contributed by atoms with Gasteiger partial charge in [0.15, 0.2) is 0 Å². The fraction of sp³-hybridized carbons (Fsp3) is 0.333. The van der Waals surface area contributed by atoms with Gasteiger partial charge in [0.05, 0.1) is 0 Å². The standard InChI is InChI=1S/C12H14ClN/c1-14-7-5-10(6-8-14)11-3-2-4-12(13)9-11/h2-5,9H,6-8H2,1H3. The van der Waals surface area contributed by atoms with Crippen LogP contribution in [0.1, 0.15) is 12.0 Å². The summed E-state index contributed by atoms with van der Waals surface area (Å²) in [7, 11) is 2.14. The molecular weight excluding hydrogens is 194 g/mol. The Morgan fingerprint density at radius 1 is 1.36 bits per heavy atom. The lowest BCUT2D eigenvalue weighted by Crippen LogP contribution is -2.23. The predicted octanol–water partition coefficient (Wildman–Crippen LogP) is 3.06. The number of likely N-dealkylation sites (N-methyl/N-ethyl adjacent to an activating group) is 1. The number of nitrogens with zero attached hydrogens (tertiary/aromatic N) is 1. The molecule has 74 valence electrons. The van der Waals surface area contributed by atoms with Crippen LogP contribution in [0, 0.1) is 0 Å². The number of hydrogen-bond acceptors (Lipinski definition) is 1. The van der Waals surface area contributed by atoms with Gasteiger partial charge >= 0.3 is 0 Å². The van der Waals surface area contributed by atoms with Crippen LogP contribution in [-0.2, 0) is 0 Å². The number of halogens is 1. The number of benzene rings is 1. The van der Waals surface area contributed by atoms with Crippen LogP contribution in [0.3, 0.4) is 0 Å². The van der Waals surface area contributed by atoms with Crippen LogP contribution in [0.15, 0.2) is 30.3 Å². The molecule has 14 heavy (non-hydrogen) atoms. The van der Waals surface area contributed by atoms with Gasteiger partial charge in [0, 0.05) is 18.1 Å². The molecule has 0 aromatic heterocycles. The summed E-state index contributed by atoms with van der Waals surface area (Å²) in [5, 5.41) is 0.822. The van der Waals surface area contributed by atoms with Crippen LogP contribution in [0.5, 0.6) is 0 Å². The maximum absolute atomic E-state index is 5.96. The lowest BCUT2D eigenvalue weighted by atomic mass is 10.00. The maximum Gasteiger partial charge on any atom is 0.0412 e. The molecule has 1 heterocycles. The number of hydrogen-bond donors (Lipinski definition) is 0. The molecular formula is C12H14ClN. The quantitative estimate of drug-likeness (QED) is 0.684. The Labute approximate surface area is 90.0 Å². The molecule has 0 saturated carbocycles. The van der Waals surface area contributed by atoms with E-state index in [2.05, 4.69) is 24.1 Å². The summed E-state index contributed by atoms with van der Waals surface area (Å²) < 4.78 is 0. The van der Waals surface area contributed by atoms with Gasteiger partial charge in [-0.1, -0.05) is 29.8 Å². The van der Waals surface area contributed by atoms with Gasteiger partial charge in [0.25, 0.3) is 0 Å². The summed E-state index contributed by atoms with van der Waals surface area (Å²) >= 11 is 5.96. The third-order valence-electron chi connectivity index (χ3n) is 2.61. The van der Waals surface area contributed by atoms with Gasteiger partial charge in [0.2, 0.25) is 0 Å². The normalized spacial score (nSPS) is 18.0. The van der Waals surface area contributed by atoms with Crippen molar-refractivity contribution in [1.29, 1.82) is 0 Å². The lowest BCUT2D eigenvalue weighted by molar-refractivity contribution is 0.370. The Morgan fingerprint density at radius 2 is 2.21 bits per heavy atom. The van der Waals surface area contributed by atoms with Gasteiger partial charge in [-0.3, -0.25) is 0 Å². The first-order chi connectivity index (χ1) is 6.75. The van der Waals surface area contributed by atoms with Crippen LogP contribution in [0.4, 0.5) is 0 Å². The maximum atomic E-state index is 5.96. The molecule has 2 rings (SSSR count). The lowest BCUT2D eigenvalue weighted by Gasteiger charge is -2.22. The Kier molecular flexibility index (Phi) is 2.90. The molecule has 1 aliphatic rings. The molecule has 0 unspecified atom stereocenters. The van der Waals surface area contributed by atoms with Crippen molar-refractivity contribution in [2.75, 3.05) is 20.1 Å². The monoisotopic (exact) mass is 207 g/mol. The molecule has 0 fully saturated rings. The largest absolute Gasteiger partial charge is 0.302 e. The van der Waals surface area contributed by atoms with Crippen LogP contribution >= 0.6 is 11.6 Å². The van der Waals surface area contributed by atoms with E-state index in [0.29, 0.717) is 0 Å². The molecule has 0 aliphatic carbocycles. The molecule has 0 amide bonds. The molecule has 1 aromatic carbocycles. The average molecular weight is 208 g/mol. The highest BCUT2D eigenvalue weighted by Crippen LogP contribution is 2.23. The van der Waals surface area contributed by atoms with Crippen molar-refractivity contribution in [1.82, 2.24) is 4.90 Å². The first kappa shape index (κ1) is 9.75. The van der Waals surface area contributed by atoms with Gasteiger partial charge in [-0.2, -0.15) is 0 Å². The Hall–Kier alpha value is -0.790. The van der Waals surface area contributed by atoms with E-state index in [4.69, 9.17) is 11.6 Å². The van der Waals surface area contributed by atoms with E-state index in [9.17, 15) is 0 Å². The Balaban J connectivity index is 2.23. The molecule has 1 nitrogen and oxygen atoms in total.